The molecule has 0 atom stereocenters. The zero-order valence-electron chi connectivity index (χ0n) is 11.0. The Morgan fingerprint density at radius 3 is 2.62 bits per heavy atom. The van der Waals surface area contributed by atoms with Crippen molar-refractivity contribution in [3.63, 3.8) is 0 Å². The lowest BCUT2D eigenvalue weighted by Gasteiger charge is -2.09. The Hall–Kier alpha value is -2.40. The summed E-state index contributed by atoms with van der Waals surface area (Å²) in [6.45, 7) is 0. The first-order chi connectivity index (χ1) is 10.1. The van der Waals surface area contributed by atoms with Crippen LogP contribution in [0.3, 0.4) is 0 Å². The molecular formula is C16H12BrN3O. The molecule has 0 bridgehead atoms. The summed E-state index contributed by atoms with van der Waals surface area (Å²) in [4.78, 5) is 16.5. The average molecular weight is 342 g/mol. The largest absolute Gasteiger partial charge is 0.383 e. The molecule has 0 saturated heterocycles. The quantitative estimate of drug-likeness (QED) is 0.744. The van der Waals surface area contributed by atoms with Crippen LogP contribution >= 0.6 is 15.9 Å². The van der Waals surface area contributed by atoms with E-state index in [2.05, 4.69) is 26.2 Å². The van der Waals surface area contributed by atoms with E-state index in [4.69, 9.17) is 5.73 Å². The average Bonchev–Trinajstić information content (AvgIpc) is 2.48. The summed E-state index contributed by atoms with van der Waals surface area (Å²) in [5.74, 6) is 0.210. The molecule has 5 heteroatoms. The van der Waals surface area contributed by atoms with Gasteiger partial charge in [-0.25, -0.2) is 4.98 Å². The standard InChI is InChI=1S/C16H12BrN3O/c17-10-4-3-5-11(8-10)20-16(21)14-9-19-15(18)13-7-2-1-6-12(13)14/h1-9H,(H2,18,19)(H,20,21). The highest BCUT2D eigenvalue weighted by Crippen LogP contribution is 2.23. The molecule has 1 aromatic heterocycles. The molecule has 3 N–H and O–H groups in total. The second kappa shape index (κ2) is 5.54. The fraction of sp³-hybridized carbons (Fsp3) is 0. The molecule has 0 aliphatic rings. The van der Waals surface area contributed by atoms with Crippen molar-refractivity contribution in [2.75, 3.05) is 11.1 Å². The third-order valence-corrected chi connectivity index (χ3v) is 3.65. The van der Waals surface area contributed by atoms with Crippen LogP contribution in [-0.4, -0.2) is 10.9 Å². The van der Waals surface area contributed by atoms with Crippen LogP contribution in [0.25, 0.3) is 10.8 Å². The predicted molar refractivity (Wildman–Crippen MR) is 88.3 cm³/mol. The van der Waals surface area contributed by atoms with Crippen LogP contribution < -0.4 is 11.1 Å². The van der Waals surface area contributed by atoms with Gasteiger partial charge in [0, 0.05) is 21.7 Å². The third-order valence-electron chi connectivity index (χ3n) is 3.15. The minimum atomic E-state index is -0.211. The minimum Gasteiger partial charge on any atom is -0.383 e. The van der Waals surface area contributed by atoms with Crippen molar-refractivity contribution in [3.8, 4) is 0 Å². The van der Waals surface area contributed by atoms with Gasteiger partial charge in [0.05, 0.1) is 5.56 Å². The lowest BCUT2D eigenvalue weighted by molar-refractivity contribution is 0.102. The van der Waals surface area contributed by atoms with Crippen LogP contribution in [0.15, 0.2) is 59.2 Å². The number of carbonyl (C=O) groups excluding carboxylic acids is 1. The number of nitrogen functional groups attached to an aromatic ring is 1. The highest BCUT2D eigenvalue weighted by atomic mass is 79.9. The number of nitrogens with one attached hydrogen (secondary N) is 1. The fourth-order valence-corrected chi connectivity index (χ4v) is 2.56. The fourth-order valence-electron chi connectivity index (χ4n) is 2.16. The van der Waals surface area contributed by atoms with Gasteiger partial charge in [-0.15, -0.1) is 0 Å². The van der Waals surface area contributed by atoms with E-state index in [1.165, 1.54) is 6.20 Å². The van der Waals surface area contributed by atoms with Gasteiger partial charge in [0.2, 0.25) is 0 Å². The van der Waals surface area contributed by atoms with Gasteiger partial charge in [-0.05, 0) is 23.6 Å². The molecule has 0 radical (unpaired) electrons. The van der Waals surface area contributed by atoms with Crippen molar-refractivity contribution in [1.82, 2.24) is 4.98 Å². The van der Waals surface area contributed by atoms with Crippen molar-refractivity contribution in [2.24, 2.45) is 0 Å². The normalized spacial score (nSPS) is 10.5. The minimum absolute atomic E-state index is 0.211. The molecule has 0 unspecified atom stereocenters. The van der Waals surface area contributed by atoms with Crippen LogP contribution in [0.2, 0.25) is 0 Å². The van der Waals surface area contributed by atoms with Gasteiger partial charge in [0.25, 0.3) is 5.91 Å². The lowest BCUT2D eigenvalue weighted by atomic mass is 10.1. The number of hydrogen-bond acceptors (Lipinski definition) is 3. The van der Waals surface area contributed by atoms with E-state index in [1.54, 1.807) is 0 Å². The molecule has 0 spiro atoms. The molecular weight excluding hydrogens is 330 g/mol. The van der Waals surface area contributed by atoms with E-state index >= 15 is 0 Å². The van der Waals surface area contributed by atoms with Gasteiger partial charge in [-0.2, -0.15) is 0 Å². The molecule has 0 aliphatic carbocycles. The smallest absolute Gasteiger partial charge is 0.257 e. The summed E-state index contributed by atoms with van der Waals surface area (Å²) in [6.07, 6.45) is 1.50. The SMILES string of the molecule is Nc1ncc(C(=O)Nc2cccc(Br)c2)c2ccccc12. The monoisotopic (exact) mass is 341 g/mol. The Morgan fingerprint density at radius 2 is 1.86 bits per heavy atom. The number of pyridine rings is 1. The Labute approximate surface area is 130 Å². The molecule has 0 aliphatic heterocycles. The molecule has 0 saturated carbocycles. The summed E-state index contributed by atoms with van der Waals surface area (Å²) in [7, 11) is 0. The Bertz CT molecular complexity index is 833. The number of fused-ring (bicyclic) bond motifs is 1. The number of aromatic nitrogens is 1. The first-order valence-electron chi connectivity index (χ1n) is 6.35. The van der Waals surface area contributed by atoms with E-state index in [0.717, 1.165) is 20.9 Å². The van der Waals surface area contributed by atoms with Crippen molar-refractivity contribution in [3.05, 3.63) is 64.8 Å². The van der Waals surface area contributed by atoms with Crippen molar-refractivity contribution < 1.29 is 4.79 Å². The zero-order chi connectivity index (χ0) is 14.8. The van der Waals surface area contributed by atoms with E-state index in [0.29, 0.717) is 11.4 Å². The second-order valence-electron chi connectivity index (χ2n) is 4.57. The third kappa shape index (κ3) is 2.73. The van der Waals surface area contributed by atoms with Crippen LogP contribution in [0.1, 0.15) is 10.4 Å². The molecule has 0 fully saturated rings. The lowest BCUT2D eigenvalue weighted by Crippen LogP contribution is -2.13. The van der Waals surface area contributed by atoms with Gasteiger partial charge in [-0.3, -0.25) is 4.79 Å². The van der Waals surface area contributed by atoms with E-state index < -0.39 is 0 Å². The molecule has 1 amide bonds. The van der Waals surface area contributed by atoms with Gasteiger partial charge in [-0.1, -0.05) is 46.3 Å². The number of rotatable bonds is 2. The Kier molecular flexibility index (Phi) is 3.58. The topological polar surface area (TPSA) is 68.0 Å². The van der Waals surface area contributed by atoms with Crippen LogP contribution in [0.4, 0.5) is 11.5 Å². The van der Waals surface area contributed by atoms with Gasteiger partial charge >= 0.3 is 0 Å². The second-order valence-corrected chi connectivity index (χ2v) is 5.48. The summed E-state index contributed by atoms with van der Waals surface area (Å²) in [6, 6.07) is 14.9. The van der Waals surface area contributed by atoms with E-state index in [1.807, 2.05) is 48.5 Å². The van der Waals surface area contributed by atoms with Gasteiger partial charge < -0.3 is 11.1 Å². The van der Waals surface area contributed by atoms with Crippen molar-refractivity contribution in [1.29, 1.82) is 0 Å². The van der Waals surface area contributed by atoms with Crippen LogP contribution in [0.5, 0.6) is 0 Å². The maximum absolute atomic E-state index is 12.4. The van der Waals surface area contributed by atoms with Crippen LogP contribution in [0, 0.1) is 0 Å². The number of nitrogens with zero attached hydrogens (tertiary/aromatic N) is 1. The van der Waals surface area contributed by atoms with Gasteiger partial charge in [0.1, 0.15) is 5.82 Å². The number of nitrogens with two attached hydrogens (primary N) is 1. The van der Waals surface area contributed by atoms with Crippen molar-refractivity contribution in [2.45, 2.75) is 0 Å². The summed E-state index contributed by atoms with van der Waals surface area (Å²) in [5, 5.41) is 4.43. The van der Waals surface area contributed by atoms with E-state index in [9.17, 15) is 4.79 Å². The molecule has 1 heterocycles. The molecule has 2 aromatic carbocycles. The number of anilines is 2. The van der Waals surface area contributed by atoms with Crippen LogP contribution in [-0.2, 0) is 0 Å². The first kappa shape index (κ1) is 13.6. The molecule has 4 nitrogen and oxygen atoms in total. The molecule has 3 aromatic rings. The Balaban J connectivity index is 2.01. The zero-order valence-corrected chi connectivity index (χ0v) is 12.6. The van der Waals surface area contributed by atoms with Gasteiger partial charge in [0.15, 0.2) is 0 Å². The number of benzene rings is 2. The summed E-state index contributed by atoms with van der Waals surface area (Å²) in [5.41, 5.74) is 7.07. The highest BCUT2D eigenvalue weighted by molar-refractivity contribution is 9.10. The summed E-state index contributed by atoms with van der Waals surface area (Å²) < 4.78 is 0.903. The maximum atomic E-state index is 12.4. The number of halogens is 1. The number of hydrogen-bond donors (Lipinski definition) is 2. The van der Waals surface area contributed by atoms with Crippen molar-refractivity contribution >= 4 is 44.1 Å². The predicted octanol–water partition coefficient (Wildman–Crippen LogP) is 3.83. The molecule has 21 heavy (non-hydrogen) atoms. The maximum Gasteiger partial charge on any atom is 0.257 e. The molecule has 104 valence electrons. The van der Waals surface area contributed by atoms with E-state index in [-0.39, 0.29) is 5.91 Å². The first-order valence-corrected chi connectivity index (χ1v) is 7.14. The molecule has 3 rings (SSSR count). The highest BCUT2D eigenvalue weighted by Gasteiger charge is 2.12. The summed E-state index contributed by atoms with van der Waals surface area (Å²) >= 11 is 3.38. The number of amides is 1. The Morgan fingerprint density at radius 1 is 1.10 bits per heavy atom. The number of carbonyl (C=O) groups is 1.